The molecular formula is C45H52Cl2N8O5S4. The lowest BCUT2D eigenvalue weighted by atomic mass is 9.96. The predicted octanol–water partition coefficient (Wildman–Crippen LogP) is 8.60. The van der Waals surface area contributed by atoms with Gasteiger partial charge in [0, 0.05) is 112 Å². The number of anilines is 6. The van der Waals surface area contributed by atoms with Gasteiger partial charge in [-0.05, 0) is 88.4 Å². The number of carbonyl (C=O) groups is 1. The first-order chi connectivity index (χ1) is 30.5. The van der Waals surface area contributed by atoms with Gasteiger partial charge in [0.2, 0.25) is 0 Å². The number of aromatic nitrogens is 2. The van der Waals surface area contributed by atoms with Crippen molar-refractivity contribution in [2.24, 2.45) is 0 Å². The zero-order chi connectivity index (χ0) is 45.7. The maximum absolute atomic E-state index is 15.8. The first kappa shape index (κ1) is 46.2. The SMILES string of the molecule is CCN(CC)c1c(C(=O)c2cc(S(C)(=O)=O)cc(N3CCN(c4nc5ccc(Cl)cc5s4)CC3)c2N(CC)CC)cc(S(C)(=O)=O)cc1N1CCN(c2nc3ccc(Cl)cc3s2)CC1. The number of thiazole rings is 2. The van der Waals surface area contributed by atoms with Gasteiger partial charge in [0.15, 0.2) is 35.7 Å². The summed E-state index contributed by atoms with van der Waals surface area (Å²) in [6, 6.07) is 17.7. The summed E-state index contributed by atoms with van der Waals surface area (Å²) in [5.41, 5.74) is 4.69. The van der Waals surface area contributed by atoms with Gasteiger partial charge in [-0.15, -0.1) is 0 Å². The number of hydrogen-bond donors (Lipinski definition) is 0. The van der Waals surface area contributed by atoms with Crippen molar-refractivity contribution in [2.45, 2.75) is 37.5 Å². The molecular weight excluding hydrogens is 932 g/mol. The number of carbonyl (C=O) groups excluding carboxylic acids is 1. The largest absolute Gasteiger partial charge is 0.370 e. The number of benzene rings is 4. The first-order valence-electron chi connectivity index (χ1n) is 21.4. The Morgan fingerprint density at radius 2 is 0.906 bits per heavy atom. The lowest BCUT2D eigenvalue weighted by Gasteiger charge is -2.40. The van der Waals surface area contributed by atoms with Crippen molar-refractivity contribution >= 4 is 125 Å². The number of rotatable bonds is 14. The van der Waals surface area contributed by atoms with Crippen LogP contribution in [0.3, 0.4) is 0 Å². The minimum Gasteiger partial charge on any atom is -0.370 e. The van der Waals surface area contributed by atoms with E-state index in [0.29, 0.717) is 111 Å². The molecule has 64 heavy (non-hydrogen) atoms. The Labute approximate surface area is 393 Å². The molecule has 0 atom stereocenters. The zero-order valence-electron chi connectivity index (χ0n) is 36.8. The maximum atomic E-state index is 15.8. The minimum absolute atomic E-state index is 0.0179. The summed E-state index contributed by atoms with van der Waals surface area (Å²) in [7, 11) is -7.64. The number of fused-ring (bicyclic) bond motifs is 2. The van der Waals surface area contributed by atoms with Crippen molar-refractivity contribution in [1.82, 2.24) is 9.97 Å². The Morgan fingerprint density at radius 1 is 0.562 bits per heavy atom. The Bertz CT molecular complexity index is 2760. The van der Waals surface area contributed by atoms with Gasteiger partial charge in [0.1, 0.15) is 0 Å². The normalized spacial score (nSPS) is 15.1. The Kier molecular flexibility index (Phi) is 13.3. The van der Waals surface area contributed by atoms with Gasteiger partial charge in [-0.2, -0.15) is 0 Å². The fraction of sp³-hybridized carbons (Fsp3) is 0.400. The van der Waals surface area contributed by atoms with Gasteiger partial charge < -0.3 is 29.4 Å². The van der Waals surface area contributed by atoms with E-state index in [2.05, 4.69) is 29.4 Å². The molecule has 8 rings (SSSR count). The molecule has 19 heteroatoms. The Morgan fingerprint density at radius 3 is 1.23 bits per heavy atom. The van der Waals surface area contributed by atoms with E-state index in [4.69, 9.17) is 33.2 Å². The molecule has 13 nitrogen and oxygen atoms in total. The third kappa shape index (κ3) is 9.21. The second-order valence-electron chi connectivity index (χ2n) is 16.1. The molecule has 2 aliphatic heterocycles. The summed E-state index contributed by atoms with van der Waals surface area (Å²) >= 11 is 15.7. The van der Waals surface area contributed by atoms with Crippen molar-refractivity contribution in [3.63, 3.8) is 0 Å². The lowest BCUT2D eigenvalue weighted by Crippen LogP contribution is -2.47. The van der Waals surface area contributed by atoms with Crippen LogP contribution in [0.1, 0.15) is 43.6 Å². The highest BCUT2D eigenvalue weighted by Crippen LogP contribution is 2.43. The minimum atomic E-state index is -3.82. The van der Waals surface area contributed by atoms with Gasteiger partial charge in [-0.25, -0.2) is 26.8 Å². The molecule has 0 spiro atoms. The Balaban J connectivity index is 1.22. The molecule has 340 valence electrons. The number of hydrogen-bond acceptors (Lipinski definition) is 15. The number of sulfone groups is 2. The average Bonchev–Trinajstić information content (AvgIpc) is 3.90. The van der Waals surface area contributed by atoms with Gasteiger partial charge >= 0.3 is 0 Å². The molecule has 0 aliphatic carbocycles. The van der Waals surface area contributed by atoms with E-state index in [1.165, 1.54) is 12.1 Å². The fourth-order valence-electron chi connectivity index (χ4n) is 8.65. The van der Waals surface area contributed by atoms with Gasteiger partial charge in [0.25, 0.3) is 0 Å². The summed E-state index contributed by atoms with van der Waals surface area (Å²) in [5.74, 6) is -0.444. The van der Waals surface area contributed by atoms with Crippen LogP contribution in [0.4, 0.5) is 33.0 Å². The maximum Gasteiger partial charge on any atom is 0.197 e. The molecule has 0 unspecified atom stereocenters. The van der Waals surface area contributed by atoms with Crippen LogP contribution in [0.2, 0.25) is 10.0 Å². The topological polar surface area (TPSA) is 131 Å². The predicted molar refractivity (Wildman–Crippen MR) is 268 cm³/mol. The average molecular weight is 984 g/mol. The van der Waals surface area contributed by atoms with Gasteiger partial charge in [0.05, 0.1) is 53.0 Å². The van der Waals surface area contributed by atoms with E-state index in [1.54, 1.807) is 34.8 Å². The van der Waals surface area contributed by atoms with Crippen LogP contribution in [0, 0.1) is 0 Å². The second-order valence-corrected chi connectivity index (χ2v) is 23.0. The summed E-state index contributed by atoms with van der Waals surface area (Å²) in [6.07, 6.45) is 2.31. The van der Waals surface area contributed by atoms with Crippen LogP contribution in [0.5, 0.6) is 0 Å². The number of piperazine rings is 2. The van der Waals surface area contributed by atoms with Gasteiger partial charge in [-0.1, -0.05) is 45.9 Å². The first-order valence-corrected chi connectivity index (χ1v) is 27.6. The van der Waals surface area contributed by atoms with E-state index in [9.17, 15) is 16.8 Å². The van der Waals surface area contributed by atoms with Crippen LogP contribution in [0.25, 0.3) is 20.4 Å². The number of halogens is 2. The molecule has 0 radical (unpaired) electrons. The van der Waals surface area contributed by atoms with E-state index >= 15 is 4.79 Å². The third-order valence-corrected chi connectivity index (χ3v) is 16.9. The molecule has 2 fully saturated rings. The second kappa shape index (κ2) is 18.5. The lowest BCUT2D eigenvalue weighted by molar-refractivity contribution is 0.103. The van der Waals surface area contributed by atoms with E-state index in [0.717, 1.165) is 43.2 Å². The molecule has 0 bridgehead atoms. The van der Waals surface area contributed by atoms with Crippen molar-refractivity contribution in [3.05, 3.63) is 81.8 Å². The Hall–Kier alpha value is -4.39. The van der Waals surface area contributed by atoms with Crippen LogP contribution in [-0.2, 0) is 19.7 Å². The van der Waals surface area contributed by atoms with E-state index in [1.807, 2.05) is 64.1 Å². The highest BCUT2D eigenvalue weighted by molar-refractivity contribution is 7.91. The van der Waals surface area contributed by atoms with Crippen molar-refractivity contribution in [2.75, 3.05) is 120 Å². The van der Waals surface area contributed by atoms with Crippen molar-refractivity contribution < 1.29 is 21.6 Å². The highest BCUT2D eigenvalue weighted by atomic mass is 35.5. The van der Waals surface area contributed by atoms with Crippen LogP contribution in [-0.4, -0.2) is 124 Å². The molecule has 0 saturated carbocycles. The molecule has 2 aliphatic rings. The number of nitrogens with zero attached hydrogens (tertiary/aromatic N) is 8. The molecule has 0 N–H and O–H groups in total. The monoisotopic (exact) mass is 982 g/mol. The van der Waals surface area contributed by atoms with Crippen molar-refractivity contribution in [1.29, 1.82) is 0 Å². The van der Waals surface area contributed by atoms with E-state index in [-0.39, 0.29) is 20.9 Å². The smallest absolute Gasteiger partial charge is 0.197 e. The molecule has 6 aromatic rings. The summed E-state index contributed by atoms with van der Waals surface area (Å²) in [4.78, 5) is 38.5. The fourth-order valence-corrected chi connectivity index (χ4v) is 12.6. The summed E-state index contributed by atoms with van der Waals surface area (Å²) < 4.78 is 56.3. The summed E-state index contributed by atoms with van der Waals surface area (Å²) in [5, 5.41) is 3.08. The standard InChI is InChI=1S/C45H52Cl2N8O5S4/c1-7-50(8-2)41-33(25-31(63(5,57)58)27-37(41)52-15-19-54(20-16-52)44-48-35-13-11-29(46)23-39(35)61-44)43(56)34-26-32(64(6,59)60)28-38(42(34)51(9-3)10-4)53-17-21-55(22-18-53)45-49-36-14-12-30(47)24-40(36)62-45/h11-14,23-28H,7-10,15-22H2,1-6H3. The van der Waals surface area contributed by atoms with Crippen LogP contribution in [0.15, 0.2) is 70.5 Å². The van der Waals surface area contributed by atoms with E-state index < -0.39 is 25.5 Å². The molecule has 4 heterocycles. The van der Waals surface area contributed by atoms with Crippen LogP contribution >= 0.6 is 45.9 Å². The van der Waals surface area contributed by atoms with Gasteiger partial charge in [-0.3, -0.25) is 4.79 Å². The molecule has 2 aromatic heterocycles. The third-order valence-electron chi connectivity index (χ3n) is 12.1. The molecule has 0 amide bonds. The molecule has 4 aromatic carbocycles. The van der Waals surface area contributed by atoms with Crippen LogP contribution < -0.4 is 29.4 Å². The van der Waals surface area contributed by atoms with Crippen molar-refractivity contribution in [3.8, 4) is 0 Å². The zero-order valence-corrected chi connectivity index (χ0v) is 41.5. The molecule has 2 saturated heterocycles. The number of ketones is 1. The quantitative estimate of drug-likeness (QED) is 0.0967. The summed E-state index contributed by atoms with van der Waals surface area (Å²) in [6.45, 7) is 14.8. The highest BCUT2D eigenvalue weighted by Gasteiger charge is 2.34.